The molecule has 1 unspecified atom stereocenters. The van der Waals surface area contributed by atoms with E-state index < -0.39 is 22.0 Å². The minimum Gasteiger partial charge on any atom is -0.378 e. The third-order valence-electron chi connectivity index (χ3n) is 4.96. The zero-order valence-corrected chi connectivity index (χ0v) is 17.9. The van der Waals surface area contributed by atoms with Crippen LogP contribution in [0.25, 0.3) is 22.4 Å². The minimum absolute atomic E-state index is 0.106. The molecule has 0 bridgehead atoms. The van der Waals surface area contributed by atoms with Crippen molar-refractivity contribution in [2.45, 2.75) is 17.9 Å². The molecule has 0 fully saturated rings. The molecule has 1 heterocycles. The number of carbonyl (C=O) groups excluding carboxylic acids is 1. The summed E-state index contributed by atoms with van der Waals surface area (Å²) in [6, 6.07) is 23.6. The Hall–Kier alpha value is -3.75. The summed E-state index contributed by atoms with van der Waals surface area (Å²) in [6.45, 7) is 1.78. The Bertz CT molecular complexity index is 1330. The predicted octanol–water partition coefficient (Wildman–Crippen LogP) is 3.86. The number of rotatable bonds is 6. The van der Waals surface area contributed by atoms with Gasteiger partial charge in [0.15, 0.2) is 6.10 Å². The molecule has 32 heavy (non-hydrogen) atoms. The van der Waals surface area contributed by atoms with Crippen molar-refractivity contribution in [3.05, 3.63) is 96.3 Å². The molecule has 0 saturated heterocycles. The number of carbonyl (C=O) groups is 1. The van der Waals surface area contributed by atoms with Crippen LogP contribution in [0.5, 0.6) is 0 Å². The van der Waals surface area contributed by atoms with Gasteiger partial charge in [-0.3, -0.25) is 4.79 Å². The topological polar surface area (TPSA) is 110 Å². The van der Waals surface area contributed by atoms with Gasteiger partial charge >= 0.3 is 0 Å². The molecule has 0 spiro atoms. The van der Waals surface area contributed by atoms with Crippen LogP contribution in [-0.4, -0.2) is 24.6 Å². The van der Waals surface area contributed by atoms with Crippen molar-refractivity contribution in [1.82, 2.24) is 9.88 Å². The number of sulfonamides is 1. The first-order valence-electron chi connectivity index (χ1n) is 9.78. The number of aromatic nitrogens is 1. The van der Waals surface area contributed by atoms with E-state index in [2.05, 4.69) is 5.16 Å². The average molecular weight is 449 g/mol. The fourth-order valence-corrected chi connectivity index (χ4v) is 4.33. The summed E-state index contributed by atoms with van der Waals surface area (Å²) in [5.74, 6) is -0.430. The van der Waals surface area contributed by atoms with Crippen LogP contribution in [0, 0.1) is 6.92 Å². The van der Waals surface area contributed by atoms with E-state index in [1.807, 2.05) is 35.1 Å². The van der Waals surface area contributed by atoms with Crippen molar-refractivity contribution < 1.29 is 22.8 Å². The highest BCUT2D eigenvalue weighted by Crippen LogP contribution is 2.34. The van der Waals surface area contributed by atoms with E-state index in [9.17, 15) is 18.3 Å². The smallest absolute Gasteiger partial charge is 0.267 e. The Labute approximate surface area is 185 Å². The van der Waals surface area contributed by atoms with E-state index in [0.29, 0.717) is 17.0 Å². The zero-order chi connectivity index (χ0) is 22.7. The van der Waals surface area contributed by atoms with Crippen molar-refractivity contribution in [2.24, 2.45) is 0 Å². The molecule has 0 aliphatic rings. The molecule has 0 aliphatic heterocycles. The van der Waals surface area contributed by atoms with E-state index in [1.54, 1.807) is 37.3 Å². The Kier molecular flexibility index (Phi) is 5.89. The highest BCUT2D eigenvalue weighted by Gasteiger charge is 2.24. The van der Waals surface area contributed by atoms with Gasteiger partial charge in [0.05, 0.1) is 10.5 Å². The molecule has 3 aromatic carbocycles. The quantitative estimate of drug-likeness (QED) is 0.464. The summed E-state index contributed by atoms with van der Waals surface area (Å²) in [6.07, 6.45) is -1.60. The lowest BCUT2D eigenvalue weighted by Crippen LogP contribution is -2.34. The largest absolute Gasteiger partial charge is 0.378 e. The fourth-order valence-electron chi connectivity index (χ4n) is 3.34. The number of hydrogen-bond acceptors (Lipinski definition) is 6. The number of aryl methyl sites for hydroxylation is 1. The van der Waals surface area contributed by atoms with Gasteiger partial charge in [0.25, 0.3) is 15.9 Å². The molecule has 2 N–H and O–H groups in total. The molecule has 1 atom stereocenters. The third-order valence-corrected chi connectivity index (χ3v) is 6.32. The van der Waals surface area contributed by atoms with Crippen molar-refractivity contribution in [3.8, 4) is 22.4 Å². The van der Waals surface area contributed by atoms with Crippen molar-refractivity contribution in [3.63, 3.8) is 0 Å². The third kappa shape index (κ3) is 4.32. The van der Waals surface area contributed by atoms with Gasteiger partial charge < -0.3 is 9.63 Å². The Morgan fingerprint density at radius 3 is 2.12 bits per heavy atom. The SMILES string of the molecule is Cc1onc(-c2ccccc2)c1-c1ccc(S(=O)(=O)NC(=O)C(O)c2ccccc2)cc1. The second kappa shape index (κ2) is 8.78. The highest BCUT2D eigenvalue weighted by atomic mass is 32.2. The lowest BCUT2D eigenvalue weighted by molar-refractivity contribution is -0.127. The van der Waals surface area contributed by atoms with Gasteiger partial charge in [-0.2, -0.15) is 0 Å². The van der Waals surface area contributed by atoms with Crippen LogP contribution in [0.3, 0.4) is 0 Å². The first-order valence-corrected chi connectivity index (χ1v) is 11.3. The van der Waals surface area contributed by atoms with Crippen molar-refractivity contribution >= 4 is 15.9 Å². The summed E-state index contributed by atoms with van der Waals surface area (Å²) in [4.78, 5) is 12.2. The maximum Gasteiger partial charge on any atom is 0.267 e. The Morgan fingerprint density at radius 1 is 0.906 bits per heavy atom. The molecule has 7 nitrogen and oxygen atoms in total. The average Bonchev–Trinajstić information content (AvgIpc) is 3.21. The molecule has 4 rings (SSSR count). The first kappa shape index (κ1) is 21.5. The summed E-state index contributed by atoms with van der Waals surface area (Å²) in [7, 11) is -4.17. The van der Waals surface area contributed by atoms with Gasteiger partial charge in [0.2, 0.25) is 0 Å². The van der Waals surface area contributed by atoms with Crippen LogP contribution in [0.15, 0.2) is 94.3 Å². The van der Waals surface area contributed by atoms with Crippen molar-refractivity contribution in [2.75, 3.05) is 0 Å². The van der Waals surface area contributed by atoms with E-state index in [0.717, 1.165) is 16.7 Å². The number of nitrogens with zero attached hydrogens (tertiary/aromatic N) is 1. The number of aliphatic hydroxyl groups excluding tert-OH is 1. The van der Waals surface area contributed by atoms with Crippen LogP contribution >= 0.6 is 0 Å². The van der Waals surface area contributed by atoms with Crippen LogP contribution in [0.2, 0.25) is 0 Å². The van der Waals surface area contributed by atoms with Gasteiger partial charge in [-0.1, -0.05) is 78.0 Å². The summed E-state index contributed by atoms with van der Waals surface area (Å²) in [5, 5.41) is 14.3. The molecule has 0 aliphatic carbocycles. The normalized spacial score (nSPS) is 12.3. The molecule has 162 valence electrons. The zero-order valence-electron chi connectivity index (χ0n) is 17.1. The number of aliphatic hydroxyl groups is 1. The minimum atomic E-state index is -4.17. The maximum atomic E-state index is 12.7. The number of nitrogens with one attached hydrogen (secondary N) is 1. The van der Waals surface area contributed by atoms with E-state index in [-0.39, 0.29) is 4.90 Å². The van der Waals surface area contributed by atoms with Gasteiger partial charge in [0, 0.05) is 5.56 Å². The summed E-state index contributed by atoms with van der Waals surface area (Å²) in [5.41, 5.74) is 3.30. The second-order valence-electron chi connectivity index (χ2n) is 7.14. The molecule has 1 amide bonds. The van der Waals surface area contributed by atoms with Crippen LogP contribution in [-0.2, 0) is 14.8 Å². The first-order chi connectivity index (χ1) is 15.4. The molecule has 4 aromatic rings. The summed E-state index contributed by atoms with van der Waals surface area (Å²) >= 11 is 0. The molecule has 0 saturated carbocycles. The van der Waals surface area contributed by atoms with Crippen LogP contribution in [0.4, 0.5) is 0 Å². The number of amides is 1. The van der Waals surface area contributed by atoms with Crippen molar-refractivity contribution in [1.29, 1.82) is 0 Å². The van der Waals surface area contributed by atoms with Gasteiger partial charge in [-0.25, -0.2) is 13.1 Å². The highest BCUT2D eigenvalue weighted by molar-refractivity contribution is 7.90. The number of hydrogen-bond donors (Lipinski definition) is 2. The second-order valence-corrected chi connectivity index (χ2v) is 8.82. The van der Waals surface area contributed by atoms with E-state index >= 15 is 0 Å². The lowest BCUT2D eigenvalue weighted by Gasteiger charge is -2.12. The molecule has 1 aromatic heterocycles. The molecule has 8 heteroatoms. The number of benzene rings is 3. The van der Waals surface area contributed by atoms with Gasteiger partial charge in [-0.15, -0.1) is 0 Å². The van der Waals surface area contributed by atoms with E-state index in [4.69, 9.17) is 4.52 Å². The fraction of sp³-hybridized carbons (Fsp3) is 0.0833. The predicted molar refractivity (Wildman–Crippen MR) is 119 cm³/mol. The lowest BCUT2D eigenvalue weighted by atomic mass is 10.00. The van der Waals surface area contributed by atoms with E-state index in [1.165, 1.54) is 24.3 Å². The molecule has 0 radical (unpaired) electrons. The van der Waals surface area contributed by atoms with Crippen LogP contribution < -0.4 is 4.72 Å². The molecular weight excluding hydrogens is 428 g/mol. The Balaban J connectivity index is 1.58. The summed E-state index contributed by atoms with van der Waals surface area (Å²) < 4.78 is 32.6. The molecular formula is C24H20N2O5S. The standard InChI is InChI=1S/C24H20N2O5S/c1-16-21(22(25-31-16)18-8-4-2-5-9-18)17-12-14-20(15-13-17)32(29,30)26-24(28)23(27)19-10-6-3-7-11-19/h2-15,23,27H,1H3,(H,26,28). The van der Waals surface area contributed by atoms with Crippen LogP contribution in [0.1, 0.15) is 17.4 Å². The maximum absolute atomic E-state index is 12.7. The van der Waals surface area contributed by atoms with Gasteiger partial charge in [0.1, 0.15) is 11.5 Å². The van der Waals surface area contributed by atoms with Gasteiger partial charge in [-0.05, 0) is 30.2 Å². The Morgan fingerprint density at radius 2 is 1.50 bits per heavy atom. The monoisotopic (exact) mass is 448 g/mol.